The molecule has 3 aromatic rings. The van der Waals surface area contributed by atoms with E-state index in [9.17, 15) is 9.59 Å². The molecule has 9 nitrogen and oxygen atoms in total. The van der Waals surface area contributed by atoms with Crippen molar-refractivity contribution in [1.29, 1.82) is 0 Å². The number of anilines is 2. The van der Waals surface area contributed by atoms with E-state index in [1.807, 2.05) is 50.2 Å². The Morgan fingerprint density at radius 1 is 1.24 bits per heavy atom. The van der Waals surface area contributed by atoms with Crippen molar-refractivity contribution in [3.63, 3.8) is 0 Å². The summed E-state index contributed by atoms with van der Waals surface area (Å²) in [6, 6.07) is 14.6. The van der Waals surface area contributed by atoms with Gasteiger partial charge in [-0.25, -0.2) is 9.98 Å². The summed E-state index contributed by atoms with van der Waals surface area (Å²) in [5.41, 5.74) is 8.35. The third-order valence-corrected chi connectivity index (χ3v) is 5.19. The summed E-state index contributed by atoms with van der Waals surface area (Å²) >= 11 is 6.53. The normalized spacial score (nSPS) is 11.1. The van der Waals surface area contributed by atoms with Gasteiger partial charge in [-0.15, -0.1) is 0 Å². The first-order valence-electron chi connectivity index (χ1n) is 10.8. The molecule has 1 amide bonds. The Morgan fingerprint density at radius 2 is 1.97 bits per heavy atom. The van der Waals surface area contributed by atoms with Gasteiger partial charge in [0.1, 0.15) is 6.54 Å². The number of carbonyl (C=O) groups excluding carboxylic acids is 1. The van der Waals surface area contributed by atoms with Crippen molar-refractivity contribution in [2.24, 2.45) is 10.7 Å². The summed E-state index contributed by atoms with van der Waals surface area (Å²) in [6.07, 6.45) is 1.22. The van der Waals surface area contributed by atoms with E-state index in [4.69, 9.17) is 17.3 Å². The molecule has 0 bridgehead atoms. The van der Waals surface area contributed by atoms with Gasteiger partial charge in [-0.1, -0.05) is 35.9 Å². The second-order valence-electron chi connectivity index (χ2n) is 7.84. The van der Waals surface area contributed by atoms with Crippen LogP contribution in [-0.4, -0.2) is 34.9 Å². The van der Waals surface area contributed by atoms with E-state index in [0.29, 0.717) is 23.5 Å². The largest absolute Gasteiger partial charge is 0.390 e. The Hall–Kier alpha value is -3.85. The number of nitrogens with two attached hydrogens (primary N) is 1. The first-order valence-corrected chi connectivity index (χ1v) is 11.1. The van der Waals surface area contributed by atoms with Crippen molar-refractivity contribution in [3.8, 4) is 11.3 Å². The van der Waals surface area contributed by atoms with E-state index in [1.54, 1.807) is 19.2 Å². The molecule has 10 heteroatoms. The maximum atomic E-state index is 13.3. The predicted octanol–water partition coefficient (Wildman–Crippen LogP) is 3.36. The zero-order valence-corrected chi connectivity index (χ0v) is 20.1. The topological polar surface area (TPSA) is 126 Å². The molecule has 0 fully saturated rings. The summed E-state index contributed by atoms with van der Waals surface area (Å²) in [5, 5.41) is 9.04. The smallest absolute Gasteiger partial charge is 0.294 e. The number of hydrogen-bond acceptors (Lipinski definition) is 6. The minimum atomic E-state index is -0.429. The Bertz CT molecular complexity index is 1240. The molecule has 0 spiro atoms. The highest BCUT2D eigenvalue weighted by atomic mass is 35.5. The van der Waals surface area contributed by atoms with Crippen LogP contribution in [0, 0.1) is 0 Å². The summed E-state index contributed by atoms with van der Waals surface area (Å²) in [5.74, 6) is -0.243. The van der Waals surface area contributed by atoms with Gasteiger partial charge in [-0.3, -0.25) is 14.2 Å². The van der Waals surface area contributed by atoms with E-state index in [0.717, 1.165) is 11.3 Å². The fourth-order valence-electron chi connectivity index (χ4n) is 3.34. The average Bonchev–Trinajstić information content (AvgIpc) is 2.81. The van der Waals surface area contributed by atoms with Gasteiger partial charge < -0.3 is 21.7 Å². The van der Waals surface area contributed by atoms with Crippen LogP contribution >= 0.6 is 11.6 Å². The van der Waals surface area contributed by atoms with Gasteiger partial charge in [-0.05, 0) is 43.7 Å². The van der Waals surface area contributed by atoms with Crippen LogP contribution in [0.15, 0.2) is 58.3 Å². The van der Waals surface area contributed by atoms with Crippen molar-refractivity contribution in [2.45, 2.75) is 33.0 Å². The maximum Gasteiger partial charge on any atom is 0.294 e. The highest BCUT2D eigenvalue weighted by Crippen LogP contribution is 2.28. The summed E-state index contributed by atoms with van der Waals surface area (Å²) in [6.45, 7) is 3.85. The van der Waals surface area contributed by atoms with Crippen LogP contribution in [0.1, 0.15) is 19.4 Å². The van der Waals surface area contributed by atoms with Crippen LogP contribution < -0.4 is 27.2 Å². The standard InChI is InChI=1S/C24H28ClN7O2/c1-15(2)30-23-24(34)32(21(22(25)31-23)17-5-4-6-19(11-17)27-3)13-20(33)28-12-16-7-9-18(10-8-16)29-14-26/h4-11,14-15,27H,12-13H2,1-3H3,(H2,26,29)(H,28,33)(H,30,31). The van der Waals surface area contributed by atoms with Crippen molar-refractivity contribution < 1.29 is 4.79 Å². The first-order chi connectivity index (χ1) is 16.3. The SMILES string of the molecule is CNc1cccc(-c2c(Cl)nc(NC(C)C)c(=O)n2CC(=O)NCc2ccc(N=CN)cc2)c1. The number of halogens is 1. The van der Waals surface area contributed by atoms with Crippen molar-refractivity contribution >= 4 is 41.0 Å². The van der Waals surface area contributed by atoms with Gasteiger partial charge in [0.2, 0.25) is 5.91 Å². The number of aromatic nitrogens is 2. The molecule has 0 unspecified atom stereocenters. The molecule has 2 aromatic carbocycles. The van der Waals surface area contributed by atoms with Crippen LogP contribution in [-0.2, 0) is 17.9 Å². The molecule has 5 N–H and O–H groups in total. The minimum absolute atomic E-state index is 0.0383. The molecule has 3 rings (SSSR count). The van der Waals surface area contributed by atoms with E-state index >= 15 is 0 Å². The lowest BCUT2D eigenvalue weighted by Crippen LogP contribution is -2.35. The third kappa shape index (κ3) is 6.14. The molecule has 0 aliphatic rings. The van der Waals surface area contributed by atoms with E-state index in [2.05, 4.69) is 25.9 Å². The quantitative estimate of drug-likeness (QED) is 0.274. The molecule has 0 aliphatic carbocycles. The second kappa shape index (κ2) is 11.3. The average molecular weight is 482 g/mol. The fourth-order valence-corrected chi connectivity index (χ4v) is 3.64. The van der Waals surface area contributed by atoms with Crippen LogP contribution in [0.2, 0.25) is 5.15 Å². The molecular weight excluding hydrogens is 454 g/mol. The van der Waals surface area contributed by atoms with Crippen LogP contribution in [0.4, 0.5) is 17.2 Å². The molecule has 0 saturated carbocycles. The van der Waals surface area contributed by atoms with Gasteiger partial charge in [0.25, 0.3) is 5.56 Å². The third-order valence-electron chi connectivity index (χ3n) is 4.92. The highest BCUT2D eigenvalue weighted by Gasteiger charge is 2.20. The zero-order chi connectivity index (χ0) is 24.7. The van der Waals surface area contributed by atoms with Crippen molar-refractivity contribution in [3.05, 3.63) is 69.6 Å². The zero-order valence-electron chi connectivity index (χ0n) is 19.3. The molecule has 178 valence electrons. The number of rotatable bonds is 9. The van der Waals surface area contributed by atoms with Crippen molar-refractivity contribution in [2.75, 3.05) is 17.7 Å². The van der Waals surface area contributed by atoms with E-state index in [-0.39, 0.29) is 29.5 Å². The maximum absolute atomic E-state index is 13.3. The summed E-state index contributed by atoms with van der Waals surface area (Å²) in [4.78, 5) is 34.4. The predicted molar refractivity (Wildman–Crippen MR) is 138 cm³/mol. The minimum Gasteiger partial charge on any atom is -0.390 e. The first kappa shape index (κ1) is 24.8. The Balaban J connectivity index is 1.91. The molecule has 0 atom stereocenters. The summed E-state index contributed by atoms with van der Waals surface area (Å²) < 4.78 is 1.35. The van der Waals surface area contributed by atoms with Gasteiger partial charge in [0.15, 0.2) is 11.0 Å². The van der Waals surface area contributed by atoms with Crippen LogP contribution in [0.5, 0.6) is 0 Å². The van der Waals surface area contributed by atoms with Crippen molar-refractivity contribution in [1.82, 2.24) is 14.9 Å². The Labute approximate surface area is 203 Å². The number of carbonyl (C=O) groups is 1. The molecule has 1 aromatic heterocycles. The number of nitrogens with zero attached hydrogens (tertiary/aromatic N) is 3. The molecule has 0 saturated heterocycles. The lowest BCUT2D eigenvalue weighted by Gasteiger charge is -2.18. The highest BCUT2D eigenvalue weighted by molar-refractivity contribution is 6.32. The van der Waals surface area contributed by atoms with Crippen LogP contribution in [0.3, 0.4) is 0 Å². The second-order valence-corrected chi connectivity index (χ2v) is 8.20. The fraction of sp³-hybridized carbons (Fsp3) is 0.250. The number of amides is 1. The van der Waals surface area contributed by atoms with Gasteiger partial charge in [0, 0.05) is 30.9 Å². The number of hydrogen-bond donors (Lipinski definition) is 4. The Kier molecular flexibility index (Phi) is 8.26. The van der Waals surface area contributed by atoms with Crippen LogP contribution in [0.25, 0.3) is 11.3 Å². The molecule has 1 heterocycles. The van der Waals surface area contributed by atoms with E-state index < -0.39 is 5.56 Å². The lowest BCUT2D eigenvalue weighted by molar-refractivity contribution is -0.121. The number of nitrogens with one attached hydrogen (secondary N) is 3. The summed E-state index contributed by atoms with van der Waals surface area (Å²) in [7, 11) is 1.80. The van der Waals surface area contributed by atoms with E-state index in [1.165, 1.54) is 10.9 Å². The number of benzene rings is 2. The van der Waals surface area contributed by atoms with Gasteiger partial charge >= 0.3 is 0 Å². The lowest BCUT2D eigenvalue weighted by atomic mass is 10.1. The molecule has 0 radical (unpaired) electrons. The number of aliphatic imine (C=N–C) groups is 1. The monoisotopic (exact) mass is 481 g/mol. The molecule has 0 aliphatic heterocycles. The Morgan fingerprint density at radius 3 is 2.62 bits per heavy atom. The van der Waals surface area contributed by atoms with Gasteiger partial charge in [-0.2, -0.15) is 0 Å². The molecular formula is C24H28ClN7O2. The molecule has 34 heavy (non-hydrogen) atoms. The van der Waals surface area contributed by atoms with Gasteiger partial charge in [0.05, 0.1) is 17.7 Å².